The maximum absolute atomic E-state index is 12.4. The fourth-order valence-corrected chi connectivity index (χ4v) is 3.41. The number of anilines is 1. The molecule has 0 aliphatic heterocycles. The topological polar surface area (TPSA) is 41.6 Å². The van der Waals surface area contributed by atoms with Gasteiger partial charge in [0.15, 0.2) is 0 Å². The number of hydrogen-bond acceptors (Lipinski definition) is 4. The van der Waals surface area contributed by atoms with Crippen LogP contribution in [0.5, 0.6) is 5.75 Å². The molecule has 1 heterocycles. The minimum absolute atomic E-state index is 0.0472. The summed E-state index contributed by atoms with van der Waals surface area (Å²) in [6.45, 7) is 1.20. The number of nitrogens with one attached hydrogen (secondary N) is 1. The SMILES string of the molecule is COc1ccc(Cl)cc1NC(=O)CN(Cc1cccs1)C1CC1. The molecule has 0 spiro atoms. The zero-order valence-electron chi connectivity index (χ0n) is 12.9. The van der Waals surface area contributed by atoms with E-state index in [-0.39, 0.29) is 5.91 Å². The molecule has 0 unspecified atom stereocenters. The van der Waals surface area contributed by atoms with Crippen LogP contribution in [0.25, 0.3) is 0 Å². The average molecular weight is 351 g/mol. The fraction of sp³-hybridized carbons (Fsp3) is 0.353. The standard InChI is InChI=1S/C17H19ClN2O2S/c1-22-16-7-4-12(18)9-15(16)19-17(21)11-20(13-5-6-13)10-14-3-2-8-23-14/h2-4,7-9,13H,5-6,10-11H2,1H3,(H,19,21). The van der Waals surface area contributed by atoms with Gasteiger partial charge in [-0.3, -0.25) is 9.69 Å². The van der Waals surface area contributed by atoms with E-state index in [1.54, 1.807) is 36.6 Å². The molecule has 6 heteroatoms. The van der Waals surface area contributed by atoms with E-state index in [0.29, 0.717) is 29.0 Å². The van der Waals surface area contributed by atoms with E-state index in [2.05, 4.69) is 21.7 Å². The molecule has 1 amide bonds. The summed E-state index contributed by atoms with van der Waals surface area (Å²) >= 11 is 7.73. The van der Waals surface area contributed by atoms with Crippen LogP contribution < -0.4 is 10.1 Å². The van der Waals surface area contributed by atoms with Gasteiger partial charge in [0.05, 0.1) is 19.3 Å². The molecule has 1 aliphatic rings. The highest BCUT2D eigenvalue weighted by Gasteiger charge is 2.30. The molecule has 2 aromatic rings. The van der Waals surface area contributed by atoms with Crippen LogP contribution in [0.2, 0.25) is 5.02 Å². The summed E-state index contributed by atoms with van der Waals surface area (Å²) in [7, 11) is 1.58. The summed E-state index contributed by atoms with van der Waals surface area (Å²) in [6, 6.07) is 9.87. The molecular formula is C17H19ClN2O2S. The number of nitrogens with zero attached hydrogens (tertiary/aromatic N) is 1. The molecule has 0 atom stereocenters. The second kappa shape index (κ2) is 7.34. The van der Waals surface area contributed by atoms with Gasteiger partial charge < -0.3 is 10.1 Å². The molecule has 1 fully saturated rings. The molecule has 23 heavy (non-hydrogen) atoms. The van der Waals surface area contributed by atoms with Crippen molar-refractivity contribution in [2.24, 2.45) is 0 Å². The fourth-order valence-electron chi connectivity index (χ4n) is 2.51. The lowest BCUT2D eigenvalue weighted by molar-refractivity contribution is -0.117. The first kappa shape index (κ1) is 16.3. The Balaban J connectivity index is 1.64. The highest BCUT2D eigenvalue weighted by molar-refractivity contribution is 7.09. The molecule has 1 saturated carbocycles. The number of carbonyl (C=O) groups is 1. The lowest BCUT2D eigenvalue weighted by Gasteiger charge is -2.21. The molecular weight excluding hydrogens is 332 g/mol. The van der Waals surface area contributed by atoms with Crippen LogP contribution in [0.15, 0.2) is 35.7 Å². The van der Waals surface area contributed by atoms with Gasteiger partial charge in [-0.2, -0.15) is 0 Å². The molecule has 0 bridgehead atoms. The van der Waals surface area contributed by atoms with E-state index >= 15 is 0 Å². The van der Waals surface area contributed by atoms with E-state index in [0.717, 1.165) is 6.54 Å². The van der Waals surface area contributed by atoms with Crippen molar-refractivity contribution in [2.75, 3.05) is 19.0 Å². The van der Waals surface area contributed by atoms with Gasteiger partial charge in [-0.1, -0.05) is 17.7 Å². The van der Waals surface area contributed by atoms with Gasteiger partial charge in [-0.05, 0) is 42.5 Å². The first-order chi connectivity index (χ1) is 11.2. The smallest absolute Gasteiger partial charge is 0.238 e. The van der Waals surface area contributed by atoms with Gasteiger partial charge in [0.1, 0.15) is 5.75 Å². The Morgan fingerprint density at radius 2 is 2.26 bits per heavy atom. The van der Waals surface area contributed by atoms with E-state index in [1.165, 1.54) is 17.7 Å². The Bertz CT molecular complexity index is 671. The molecule has 3 rings (SSSR count). The third-order valence-electron chi connectivity index (χ3n) is 3.78. The van der Waals surface area contributed by atoms with Crippen molar-refractivity contribution in [1.29, 1.82) is 0 Å². The highest BCUT2D eigenvalue weighted by atomic mass is 35.5. The van der Waals surface area contributed by atoms with Crippen LogP contribution in [0, 0.1) is 0 Å². The zero-order valence-corrected chi connectivity index (χ0v) is 14.5. The van der Waals surface area contributed by atoms with Gasteiger partial charge in [0.2, 0.25) is 5.91 Å². The van der Waals surface area contributed by atoms with Crippen LogP contribution in [-0.4, -0.2) is 30.5 Å². The van der Waals surface area contributed by atoms with Crippen LogP contribution in [0.3, 0.4) is 0 Å². The number of rotatable bonds is 7. The van der Waals surface area contributed by atoms with Crippen molar-refractivity contribution in [3.8, 4) is 5.75 Å². The molecule has 1 aliphatic carbocycles. The summed E-state index contributed by atoms with van der Waals surface area (Å²) in [4.78, 5) is 15.9. The quantitative estimate of drug-likeness (QED) is 0.820. The Morgan fingerprint density at radius 3 is 2.91 bits per heavy atom. The van der Waals surface area contributed by atoms with Crippen LogP contribution in [-0.2, 0) is 11.3 Å². The first-order valence-electron chi connectivity index (χ1n) is 7.55. The first-order valence-corrected chi connectivity index (χ1v) is 8.81. The van der Waals surface area contributed by atoms with Gasteiger partial charge in [0.25, 0.3) is 0 Å². The number of amides is 1. The molecule has 0 saturated heterocycles. The van der Waals surface area contributed by atoms with Gasteiger partial charge in [0, 0.05) is 22.5 Å². The maximum Gasteiger partial charge on any atom is 0.238 e. The predicted octanol–water partition coefficient (Wildman–Crippen LogP) is 4.01. The summed E-state index contributed by atoms with van der Waals surface area (Å²) in [5, 5.41) is 5.54. The normalized spacial score (nSPS) is 14.0. The third kappa shape index (κ3) is 4.47. The minimum Gasteiger partial charge on any atom is -0.495 e. The minimum atomic E-state index is -0.0472. The summed E-state index contributed by atoms with van der Waals surface area (Å²) in [5.74, 6) is 0.563. The number of methoxy groups -OCH3 is 1. The third-order valence-corrected chi connectivity index (χ3v) is 4.88. The number of carbonyl (C=O) groups excluding carboxylic acids is 1. The van der Waals surface area contributed by atoms with Crippen molar-refractivity contribution in [3.63, 3.8) is 0 Å². The van der Waals surface area contributed by atoms with Crippen molar-refractivity contribution in [1.82, 2.24) is 4.90 Å². The summed E-state index contributed by atoms with van der Waals surface area (Å²) in [5.41, 5.74) is 0.608. The second-order valence-corrected chi connectivity index (χ2v) is 7.08. The maximum atomic E-state index is 12.4. The average Bonchev–Trinajstić information content (AvgIpc) is 3.25. The number of benzene rings is 1. The van der Waals surface area contributed by atoms with Crippen molar-refractivity contribution in [2.45, 2.75) is 25.4 Å². The van der Waals surface area contributed by atoms with E-state index < -0.39 is 0 Å². The Morgan fingerprint density at radius 1 is 1.43 bits per heavy atom. The molecule has 0 radical (unpaired) electrons. The Labute approximate surface area is 145 Å². The van der Waals surface area contributed by atoms with Crippen LogP contribution in [0.4, 0.5) is 5.69 Å². The van der Waals surface area contributed by atoms with E-state index in [9.17, 15) is 4.79 Å². The molecule has 1 aromatic carbocycles. The molecule has 4 nitrogen and oxygen atoms in total. The second-order valence-electron chi connectivity index (χ2n) is 5.61. The van der Waals surface area contributed by atoms with Crippen molar-refractivity contribution >= 4 is 34.5 Å². The van der Waals surface area contributed by atoms with Crippen LogP contribution >= 0.6 is 22.9 Å². The van der Waals surface area contributed by atoms with Crippen molar-refractivity contribution in [3.05, 3.63) is 45.6 Å². The van der Waals surface area contributed by atoms with Crippen LogP contribution in [0.1, 0.15) is 17.7 Å². The van der Waals surface area contributed by atoms with Gasteiger partial charge >= 0.3 is 0 Å². The van der Waals surface area contributed by atoms with Gasteiger partial charge in [-0.25, -0.2) is 0 Å². The summed E-state index contributed by atoms with van der Waals surface area (Å²) < 4.78 is 5.27. The van der Waals surface area contributed by atoms with Gasteiger partial charge in [-0.15, -0.1) is 11.3 Å². The zero-order chi connectivity index (χ0) is 16.2. The van der Waals surface area contributed by atoms with Crippen molar-refractivity contribution < 1.29 is 9.53 Å². The Kier molecular flexibility index (Phi) is 5.20. The molecule has 1 N–H and O–H groups in total. The monoisotopic (exact) mass is 350 g/mol. The molecule has 122 valence electrons. The van der Waals surface area contributed by atoms with E-state index in [4.69, 9.17) is 16.3 Å². The van der Waals surface area contributed by atoms with E-state index in [1.807, 2.05) is 6.07 Å². The highest BCUT2D eigenvalue weighted by Crippen LogP contribution is 2.30. The molecule has 1 aromatic heterocycles. The summed E-state index contributed by atoms with van der Waals surface area (Å²) in [6.07, 6.45) is 2.33. The lowest BCUT2D eigenvalue weighted by atomic mass is 10.3. The largest absolute Gasteiger partial charge is 0.495 e. The number of hydrogen-bond donors (Lipinski definition) is 1. The lowest BCUT2D eigenvalue weighted by Crippen LogP contribution is -2.34. The number of thiophene rings is 1. The Hall–Kier alpha value is -1.56. The number of ether oxygens (including phenoxy) is 1. The number of halogens is 1. The predicted molar refractivity (Wildman–Crippen MR) is 94.4 cm³/mol.